The number of nitrogens with one attached hydrogen (secondary N) is 2. The zero-order valence-electron chi connectivity index (χ0n) is 14.9. The number of hydrogen-bond donors (Lipinski definition) is 3. The smallest absolute Gasteiger partial charge is 0.191 e. The lowest BCUT2D eigenvalue weighted by molar-refractivity contribution is 0.0368. The minimum atomic E-state index is -0.523. The van der Waals surface area contributed by atoms with Gasteiger partial charge < -0.3 is 20.5 Å². The SMILES string of the molecule is CCNC(=NCC(O)COCC1CC1)NCCC1=CCCCC1.I. The van der Waals surface area contributed by atoms with Crippen molar-refractivity contribution < 1.29 is 9.84 Å². The molecule has 0 aromatic heterocycles. The highest BCUT2D eigenvalue weighted by Gasteiger charge is 2.21. The van der Waals surface area contributed by atoms with Crippen LogP contribution in [0.15, 0.2) is 16.6 Å². The third-order valence-electron chi connectivity index (χ3n) is 4.29. The Kier molecular flexibility index (Phi) is 11.7. The summed E-state index contributed by atoms with van der Waals surface area (Å²) in [6.07, 6.45) is 10.6. The van der Waals surface area contributed by atoms with Crippen LogP contribution in [0.3, 0.4) is 0 Å². The Hall–Kier alpha value is -0.340. The van der Waals surface area contributed by atoms with Gasteiger partial charge in [-0.3, -0.25) is 4.99 Å². The minimum Gasteiger partial charge on any atom is -0.389 e. The van der Waals surface area contributed by atoms with Crippen molar-refractivity contribution >= 4 is 29.9 Å². The maximum absolute atomic E-state index is 9.93. The van der Waals surface area contributed by atoms with E-state index in [-0.39, 0.29) is 24.0 Å². The largest absolute Gasteiger partial charge is 0.389 e. The van der Waals surface area contributed by atoms with Crippen LogP contribution in [-0.4, -0.2) is 50.0 Å². The monoisotopic (exact) mass is 451 g/mol. The van der Waals surface area contributed by atoms with E-state index in [9.17, 15) is 5.11 Å². The highest BCUT2D eigenvalue weighted by molar-refractivity contribution is 14.0. The average molecular weight is 451 g/mol. The molecule has 0 bridgehead atoms. The van der Waals surface area contributed by atoms with Gasteiger partial charge in [0.15, 0.2) is 5.96 Å². The molecule has 0 aromatic rings. The molecule has 0 aromatic carbocycles. The molecule has 2 aliphatic carbocycles. The van der Waals surface area contributed by atoms with Crippen molar-refractivity contribution in [2.24, 2.45) is 10.9 Å². The second-order valence-corrected chi connectivity index (χ2v) is 6.64. The summed E-state index contributed by atoms with van der Waals surface area (Å²) >= 11 is 0. The van der Waals surface area contributed by atoms with Gasteiger partial charge in [-0.05, 0) is 57.8 Å². The van der Waals surface area contributed by atoms with E-state index in [0.29, 0.717) is 13.2 Å². The minimum absolute atomic E-state index is 0. The maximum Gasteiger partial charge on any atom is 0.191 e. The Morgan fingerprint density at radius 1 is 1.38 bits per heavy atom. The molecule has 0 spiro atoms. The summed E-state index contributed by atoms with van der Waals surface area (Å²) in [7, 11) is 0. The van der Waals surface area contributed by atoms with Crippen LogP contribution >= 0.6 is 24.0 Å². The molecule has 1 saturated carbocycles. The van der Waals surface area contributed by atoms with Crippen LogP contribution in [0.5, 0.6) is 0 Å². The molecular formula is C18H34IN3O2. The number of guanidine groups is 1. The summed E-state index contributed by atoms with van der Waals surface area (Å²) in [6.45, 7) is 5.31. The zero-order valence-corrected chi connectivity index (χ0v) is 17.3. The van der Waals surface area contributed by atoms with Crippen molar-refractivity contribution in [1.29, 1.82) is 0 Å². The molecular weight excluding hydrogens is 417 g/mol. The van der Waals surface area contributed by atoms with Crippen molar-refractivity contribution in [3.05, 3.63) is 11.6 Å². The van der Waals surface area contributed by atoms with Gasteiger partial charge in [0.05, 0.1) is 19.3 Å². The first-order chi connectivity index (χ1) is 11.3. The highest BCUT2D eigenvalue weighted by Crippen LogP contribution is 2.28. The van der Waals surface area contributed by atoms with Crippen LogP contribution in [-0.2, 0) is 4.74 Å². The van der Waals surface area contributed by atoms with Crippen LogP contribution in [0.1, 0.15) is 51.9 Å². The number of ether oxygens (including phenoxy) is 1. The van der Waals surface area contributed by atoms with Crippen molar-refractivity contribution in [3.8, 4) is 0 Å². The van der Waals surface area contributed by atoms with Gasteiger partial charge in [-0.25, -0.2) is 0 Å². The summed E-state index contributed by atoms with van der Waals surface area (Å²) in [5.74, 6) is 1.52. The standard InChI is InChI=1S/C18H33N3O2.HI/c1-2-19-18(20-11-10-15-6-4-3-5-7-15)21-12-17(22)14-23-13-16-8-9-16;/h6,16-17,22H,2-5,7-14H2,1H3,(H2,19,20,21);1H. The predicted octanol–water partition coefficient (Wildman–Crippen LogP) is 2.84. The van der Waals surface area contributed by atoms with Gasteiger partial charge in [0.25, 0.3) is 0 Å². The molecule has 24 heavy (non-hydrogen) atoms. The Labute approximate surface area is 163 Å². The van der Waals surface area contributed by atoms with E-state index in [0.717, 1.165) is 38.0 Å². The van der Waals surface area contributed by atoms with Crippen molar-refractivity contribution in [2.45, 2.75) is 58.0 Å². The molecule has 0 aliphatic heterocycles. The second kappa shape index (κ2) is 12.9. The number of aliphatic hydroxyl groups is 1. The van der Waals surface area contributed by atoms with E-state index in [1.54, 1.807) is 5.57 Å². The first-order valence-corrected chi connectivity index (χ1v) is 9.23. The number of halogens is 1. The lowest BCUT2D eigenvalue weighted by atomic mass is 9.97. The van der Waals surface area contributed by atoms with Crippen LogP contribution in [0.4, 0.5) is 0 Å². The maximum atomic E-state index is 9.93. The van der Waals surface area contributed by atoms with Crippen molar-refractivity contribution in [1.82, 2.24) is 10.6 Å². The molecule has 140 valence electrons. The van der Waals surface area contributed by atoms with Gasteiger partial charge in [0.1, 0.15) is 0 Å². The molecule has 5 nitrogen and oxygen atoms in total. The number of nitrogens with zero attached hydrogens (tertiary/aromatic N) is 1. The van der Waals surface area contributed by atoms with E-state index in [1.165, 1.54) is 38.5 Å². The number of hydrogen-bond acceptors (Lipinski definition) is 3. The summed E-state index contributed by atoms with van der Waals surface area (Å²) in [5.41, 5.74) is 1.56. The second-order valence-electron chi connectivity index (χ2n) is 6.64. The Balaban J connectivity index is 0.00000288. The number of aliphatic imine (C=N–C) groups is 1. The zero-order chi connectivity index (χ0) is 16.3. The third-order valence-corrected chi connectivity index (χ3v) is 4.29. The molecule has 0 heterocycles. The fourth-order valence-electron chi connectivity index (χ4n) is 2.72. The van der Waals surface area contributed by atoms with Crippen LogP contribution in [0.2, 0.25) is 0 Å². The summed E-state index contributed by atoms with van der Waals surface area (Å²) in [6, 6.07) is 0. The quantitative estimate of drug-likeness (QED) is 0.207. The van der Waals surface area contributed by atoms with E-state index in [4.69, 9.17) is 4.74 Å². The van der Waals surface area contributed by atoms with Crippen LogP contribution in [0.25, 0.3) is 0 Å². The molecule has 1 fully saturated rings. The average Bonchev–Trinajstić information content (AvgIpc) is 3.38. The third kappa shape index (κ3) is 9.84. The van der Waals surface area contributed by atoms with Crippen LogP contribution in [0, 0.1) is 5.92 Å². The molecule has 3 N–H and O–H groups in total. The Morgan fingerprint density at radius 3 is 2.88 bits per heavy atom. The fraction of sp³-hybridized carbons (Fsp3) is 0.833. The van der Waals surface area contributed by atoms with Crippen LogP contribution < -0.4 is 10.6 Å². The van der Waals surface area contributed by atoms with Crippen molar-refractivity contribution in [3.63, 3.8) is 0 Å². The Morgan fingerprint density at radius 2 is 2.21 bits per heavy atom. The summed E-state index contributed by atoms with van der Waals surface area (Å²) in [4.78, 5) is 4.45. The molecule has 2 aliphatic rings. The normalized spacial score (nSPS) is 19.2. The lowest BCUT2D eigenvalue weighted by Crippen LogP contribution is -2.38. The number of allylic oxidation sites excluding steroid dienone is 1. The lowest BCUT2D eigenvalue weighted by Gasteiger charge is -2.15. The van der Waals surface area contributed by atoms with Crippen molar-refractivity contribution in [2.75, 3.05) is 32.8 Å². The predicted molar refractivity (Wildman–Crippen MR) is 110 cm³/mol. The first-order valence-electron chi connectivity index (χ1n) is 9.23. The van der Waals surface area contributed by atoms with Gasteiger partial charge >= 0.3 is 0 Å². The summed E-state index contributed by atoms with van der Waals surface area (Å²) in [5, 5.41) is 16.5. The molecule has 0 amide bonds. The van der Waals surface area contributed by atoms with Gasteiger partial charge in [-0.2, -0.15) is 0 Å². The fourth-order valence-corrected chi connectivity index (χ4v) is 2.72. The van der Waals surface area contributed by atoms with E-state index >= 15 is 0 Å². The molecule has 6 heteroatoms. The topological polar surface area (TPSA) is 65.9 Å². The molecule has 2 rings (SSSR count). The van der Waals surface area contributed by atoms with E-state index in [1.807, 2.05) is 0 Å². The van der Waals surface area contributed by atoms with E-state index in [2.05, 4.69) is 28.6 Å². The van der Waals surface area contributed by atoms with Gasteiger partial charge in [-0.1, -0.05) is 11.6 Å². The molecule has 1 unspecified atom stereocenters. The molecule has 0 saturated heterocycles. The highest BCUT2D eigenvalue weighted by atomic mass is 127. The number of aliphatic hydroxyl groups excluding tert-OH is 1. The molecule has 1 atom stereocenters. The molecule has 0 radical (unpaired) electrons. The summed E-state index contributed by atoms with van der Waals surface area (Å²) < 4.78 is 5.50. The Bertz CT molecular complexity index is 398. The van der Waals surface area contributed by atoms with Gasteiger partial charge in [0.2, 0.25) is 0 Å². The van der Waals surface area contributed by atoms with E-state index < -0.39 is 6.10 Å². The van der Waals surface area contributed by atoms with Gasteiger partial charge in [0, 0.05) is 19.7 Å². The number of rotatable bonds is 10. The van der Waals surface area contributed by atoms with Gasteiger partial charge in [-0.15, -0.1) is 24.0 Å². The first kappa shape index (κ1) is 21.7.